The lowest BCUT2D eigenvalue weighted by atomic mass is 9.43. The van der Waals surface area contributed by atoms with Gasteiger partial charge in [-0.05, 0) is 88.3 Å². The van der Waals surface area contributed by atoms with Gasteiger partial charge in [0, 0.05) is 21.1 Å². The molecule has 0 bridgehead atoms. The molecule has 0 saturated heterocycles. The minimum absolute atomic E-state index is 0.314. The maximum Gasteiger partial charge on any atom is 0.329 e. The van der Waals surface area contributed by atoms with Crippen LogP contribution in [-0.4, -0.2) is 11.3 Å². The molecule has 2 fully saturated rings. The molecule has 0 amide bonds. The molecule has 4 unspecified atom stereocenters. The standard InChI is InChI=1S/C28H20BN.C3H8.3C2H6/c1-2-6-17-18-7-4-5-8-19-22-14-16-13-21(16)26-25-20-12-15(20)10-11-24(25)29(23(17)9-3-1)30(27(18)19)28(22)26;1-3-2;3*1-2/h1,3-6,8-11,14-16,20-21H,7,12-13H2;3H2,1-2H3;3*1-2H3. The van der Waals surface area contributed by atoms with Crippen LogP contribution >= 0.6 is 0 Å². The molecule has 4 atom stereocenters. The Morgan fingerprint density at radius 2 is 1.56 bits per heavy atom. The van der Waals surface area contributed by atoms with Gasteiger partial charge in [0.15, 0.2) is 0 Å². The van der Waals surface area contributed by atoms with E-state index in [4.69, 9.17) is 0 Å². The van der Waals surface area contributed by atoms with Crippen molar-refractivity contribution in [2.45, 2.75) is 81.1 Å². The minimum atomic E-state index is 0.314. The molecule has 0 N–H and O–H groups in total. The van der Waals surface area contributed by atoms with Crippen LogP contribution in [0.3, 0.4) is 0 Å². The molecular formula is C37H46BN. The van der Waals surface area contributed by atoms with Crippen molar-refractivity contribution in [2.24, 2.45) is 23.7 Å². The van der Waals surface area contributed by atoms with Gasteiger partial charge in [-0.15, -0.1) is 5.73 Å². The number of rotatable bonds is 0. The fourth-order valence-corrected chi connectivity index (χ4v) is 7.28. The molecule has 1 aromatic rings. The van der Waals surface area contributed by atoms with Gasteiger partial charge in [0.25, 0.3) is 0 Å². The summed E-state index contributed by atoms with van der Waals surface area (Å²) in [5.74, 6) is 3.10. The van der Waals surface area contributed by atoms with Gasteiger partial charge < -0.3 is 4.48 Å². The largest absolute Gasteiger partial charge is 0.375 e. The van der Waals surface area contributed by atoms with Crippen molar-refractivity contribution in [1.82, 2.24) is 4.48 Å². The van der Waals surface area contributed by atoms with Crippen LogP contribution in [-0.2, 0) is 0 Å². The number of hydrogen-bond acceptors (Lipinski definition) is 0. The number of nitrogens with zero attached hydrogens (tertiary/aromatic N) is 1. The number of fused-ring (bicyclic) bond motifs is 9. The summed E-state index contributed by atoms with van der Waals surface area (Å²) < 4.78 is 2.76. The second-order valence-corrected chi connectivity index (χ2v) is 10.8. The number of aromatic nitrogens is 1. The fourth-order valence-electron chi connectivity index (χ4n) is 7.28. The van der Waals surface area contributed by atoms with Crippen molar-refractivity contribution in [3.8, 4) is 0 Å². The Hall–Kier alpha value is -2.96. The molecule has 39 heavy (non-hydrogen) atoms. The van der Waals surface area contributed by atoms with E-state index < -0.39 is 0 Å². The third-order valence-corrected chi connectivity index (χ3v) is 8.65. The van der Waals surface area contributed by atoms with Crippen molar-refractivity contribution in [1.29, 1.82) is 0 Å². The summed E-state index contributed by atoms with van der Waals surface area (Å²) in [5.41, 5.74) is 12.8. The zero-order chi connectivity index (χ0) is 27.8. The second-order valence-electron chi connectivity index (χ2n) is 10.8. The zero-order valence-corrected chi connectivity index (χ0v) is 25.4. The fraction of sp³-hybridized carbons (Fsp3) is 0.432. The molecule has 6 aliphatic carbocycles. The normalized spacial score (nSPS) is 26.9. The van der Waals surface area contributed by atoms with E-state index >= 15 is 0 Å². The highest BCUT2D eigenvalue weighted by molar-refractivity contribution is 6.75. The summed E-state index contributed by atoms with van der Waals surface area (Å²) in [4.78, 5) is 0. The van der Waals surface area contributed by atoms with Crippen molar-refractivity contribution in [2.75, 3.05) is 0 Å². The average Bonchev–Trinajstić information content (AvgIpc) is 3.89. The highest BCUT2D eigenvalue weighted by Gasteiger charge is 2.53. The molecule has 8 aliphatic rings. The Labute approximate surface area is 236 Å². The van der Waals surface area contributed by atoms with Gasteiger partial charge >= 0.3 is 6.85 Å². The first-order valence-corrected chi connectivity index (χ1v) is 15.9. The average molecular weight is 516 g/mol. The summed E-state index contributed by atoms with van der Waals surface area (Å²) in [7, 11) is 0. The lowest BCUT2D eigenvalue weighted by molar-refractivity contribution is 0.870. The third-order valence-electron chi connectivity index (χ3n) is 8.65. The monoisotopic (exact) mass is 515 g/mol. The predicted molar refractivity (Wildman–Crippen MR) is 172 cm³/mol. The Morgan fingerprint density at radius 1 is 0.846 bits per heavy atom. The molecular weight excluding hydrogens is 469 g/mol. The molecule has 0 aromatic carbocycles. The van der Waals surface area contributed by atoms with E-state index in [2.05, 4.69) is 84.8 Å². The summed E-state index contributed by atoms with van der Waals surface area (Å²) in [6.07, 6.45) is 28.5. The molecule has 0 radical (unpaired) electrons. The van der Waals surface area contributed by atoms with Gasteiger partial charge in [0.1, 0.15) is 0 Å². The van der Waals surface area contributed by atoms with Crippen molar-refractivity contribution in [3.05, 3.63) is 97.6 Å². The Bertz CT molecular complexity index is 1640. The van der Waals surface area contributed by atoms with Crippen LogP contribution in [0.1, 0.15) is 81.1 Å². The van der Waals surface area contributed by atoms with Crippen LogP contribution in [0.25, 0.3) is 23.3 Å². The van der Waals surface area contributed by atoms with Crippen molar-refractivity contribution >= 4 is 30.1 Å². The Morgan fingerprint density at radius 3 is 2.33 bits per heavy atom. The van der Waals surface area contributed by atoms with Gasteiger partial charge in [-0.3, -0.25) is 0 Å². The molecule has 2 heteroatoms. The highest BCUT2D eigenvalue weighted by Crippen LogP contribution is 2.59. The van der Waals surface area contributed by atoms with Gasteiger partial charge in [0.05, 0.1) is 0 Å². The first-order chi connectivity index (χ1) is 19.3. The van der Waals surface area contributed by atoms with Gasteiger partial charge in [-0.25, -0.2) is 0 Å². The summed E-state index contributed by atoms with van der Waals surface area (Å²) in [6, 6.07) is 0. The van der Waals surface area contributed by atoms with Crippen LogP contribution < -0.4 is 21.1 Å². The Balaban J connectivity index is 0.000000312. The van der Waals surface area contributed by atoms with Crippen LogP contribution in [0.5, 0.6) is 0 Å². The summed E-state index contributed by atoms with van der Waals surface area (Å²) in [5, 5.41) is 6.06. The van der Waals surface area contributed by atoms with Crippen LogP contribution in [0.4, 0.5) is 0 Å². The van der Waals surface area contributed by atoms with E-state index in [9.17, 15) is 0 Å². The van der Waals surface area contributed by atoms with Crippen molar-refractivity contribution in [3.63, 3.8) is 0 Å². The molecule has 1 nitrogen and oxygen atoms in total. The van der Waals surface area contributed by atoms with Gasteiger partial charge in [-0.1, -0.05) is 110 Å². The molecule has 0 spiro atoms. The van der Waals surface area contributed by atoms with E-state index in [1.165, 1.54) is 51.7 Å². The topological polar surface area (TPSA) is 4.93 Å². The Kier molecular flexibility index (Phi) is 7.97. The zero-order valence-electron chi connectivity index (χ0n) is 25.4. The van der Waals surface area contributed by atoms with Crippen LogP contribution in [0, 0.1) is 23.7 Å². The van der Waals surface area contributed by atoms with E-state index in [0.717, 1.165) is 30.1 Å². The van der Waals surface area contributed by atoms with E-state index in [-0.39, 0.29) is 0 Å². The molecule has 2 aliphatic heterocycles. The lowest BCUT2D eigenvalue weighted by Gasteiger charge is -2.35. The molecule has 9 rings (SSSR count). The number of allylic oxidation sites excluding steroid dienone is 11. The van der Waals surface area contributed by atoms with E-state index in [1.54, 1.807) is 22.0 Å². The van der Waals surface area contributed by atoms with Crippen molar-refractivity contribution < 1.29 is 0 Å². The van der Waals surface area contributed by atoms with Crippen LogP contribution in [0.2, 0.25) is 0 Å². The third kappa shape index (κ3) is 4.06. The minimum Gasteiger partial charge on any atom is -0.375 e. The SMILES string of the molecule is C1=CC=CC2=C(C=1)C1=c3c(c4c5n3B2C2=C(C=5C3CC3C=4)C3CC3C=C2)=CC=CC1.CC.CC.CC.CCC. The first kappa shape index (κ1) is 27.6. The molecule has 2 saturated carbocycles. The number of hydrogen-bond donors (Lipinski definition) is 0. The maximum atomic E-state index is 3.42. The summed E-state index contributed by atoms with van der Waals surface area (Å²) in [6.45, 7) is 16.6. The smallest absolute Gasteiger partial charge is 0.329 e. The molecule has 1 aromatic heterocycles. The lowest BCUT2D eigenvalue weighted by Crippen LogP contribution is -2.53. The summed E-state index contributed by atoms with van der Waals surface area (Å²) >= 11 is 0. The first-order valence-electron chi connectivity index (χ1n) is 15.9. The van der Waals surface area contributed by atoms with Crippen LogP contribution in [0.15, 0.2) is 76.4 Å². The highest BCUT2D eigenvalue weighted by atomic mass is 14.9. The second kappa shape index (κ2) is 11.3. The van der Waals surface area contributed by atoms with Gasteiger partial charge in [0.2, 0.25) is 0 Å². The molecule has 202 valence electrons. The maximum absolute atomic E-state index is 3.42. The predicted octanol–water partition coefficient (Wildman–Crippen LogP) is 6.48. The quantitative estimate of drug-likeness (QED) is 0.275. The van der Waals surface area contributed by atoms with Gasteiger partial charge in [-0.2, -0.15) is 0 Å². The van der Waals surface area contributed by atoms with E-state index in [1.807, 2.05) is 41.5 Å². The van der Waals surface area contributed by atoms with E-state index in [0.29, 0.717) is 6.85 Å². The molecule has 3 heterocycles.